The van der Waals surface area contributed by atoms with Crippen LogP contribution < -0.4 is 4.74 Å². The van der Waals surface area contributed by atoms with Gasteiger partial charge in [0.2, 0.25) is 0 Å². The molecule has 0 aliphatic rings. The summed E-state index contributed by atoms with van der Waals surface area (Å²) >= 11 is 5.53. The lowest BCUT2D eigenvalue weighted by Gasteiger charge is -2.18. The van der Waals surface area contributed by atoms with Crippen molar-refractivity contribution in [2.75, 3.05) is 20.3 Å². The van der Waals surface area contributed by atoms with Crippen LogP contribution in [0, 0.1) is 4.77 Å². The number of aromatic nitrogens is 2. The lowest BCUT2D eigenvalue weighted by molar-refractivity contribution is 0.151. The summed E-state index contributed by atoms with van der Waals surface area (Å²) in [6.45, 7) is 5.65. The summed E-state index contributed by atoms with van der Waals surface area (Å²) in [6.07, 6.45) is 3.11. The Kier molecular flexibility index (Phi) is 5.82. The maximum absolute atomic E-state index is 5.81. The highest BCUT2D eigenvalue weighted by molar-refractivity contribution is 7.71. The van der Waals surface area contributed by atoms with Gasteiger partial charge in [0.05, 0.1) is 24.8 Å². The molecule has 4 nitrogen and oxygen atoms in total. The molecule has 1 atom stereocenters. The summed E-state index contributed by atoms with van der Waals surface area (Å²) in [5, 5.41) is 0. The summed E-state index contributed by atoms with van der Waals surface area (Å²) < 4.78 is 14.1. The fourth-order valence-electron chi connectivity index (χ4n) is 2.63. The first-order valence-electron chi connectivity index (χ1n) is 7.57. The lowest BCUT2D eigenvalue weighted by Crippen LogP contribution is -2.14. The number of hydrogen-bond acceptors (Lipinski definition) is 3. The predicted molar refractivity (Wildman–Crippen MR) is 88.7 cm³/mol. The van der Waals surface area contributed by atoms with Crippen LogP contribution in [0.25, 0.3) is 11.0 Å². The molecule has 2 aromatic rings. The average Bonchev–Trinajstić information content (AvgIpc) is 2.81. The highest BCUT2D eigenvalue weighted by Crippen LogP contribution is 2.29. The maximum Gasteiger partial charge on any atom is 0.178 e. The molecule has 0 bridgehead atoms. The SMILES string of the molecule is CCCOc1cccc2c1[nH]c(=S)n2C(CCC)COC. The molecule has 0 aliphatic carbocycles. The van der Waals surface area contributed by atoms with E-state index < -0.39 is 0 Å². The number of H-pyrrole nitrogens is 1. The highest BCUT2D eigenvalue weighted by Gasteiger charge is 2.16. The first kappa shape index (κ1) is 16.0. The number of hydrogen-bond donors (Lipinski definition) is 1. The molecule has 0 amide bonds. The Labute approximate surface area is 131 Å². The second kappa shape index (κ2) is 7.61. The van der Waals surface area contributed by atoms with Gasteiger partial charge in [0.1, 0.15) is 11.3 Å². The van der Waals surface area contributed by atoms with Crippen molar-refractivity contribution in [1.82, 2.24) is 9.55 Å². The molecule has 0 aliphatic heterocycles. The molecule has 0 fully saturated rings. The third-order valence-corrected chi connectivity index (χ3v) is 3.82. The minimum absolute atomic E-state index is 0.252. The molecule has 1 N–H and O–H groups in total. The number of benzene rings is 1. The average molecular weight is 308 g/mol. The summed E-state index contributed by atoms with van der Waals surface area (Å²) in [6, 6.07) is 6.34. The third-order valence-electron chi connectivity index (χ3n) is 3.52. The van der Waals surface area contributed by atoms with Crippen LogP contribution in [-0.4, -0.2) is 29.9 Å². The summed E-state index contributed by atoms with van der Waals surface area (Å²) in [5.74, 6) is 0.867. The number of nitrogens with zero attached hydrogens (tertiary/aromatic N) is 1. The van der Waals surface area contributed by atoms with Crippen molar-refractivity contribution >= 4 is 23.3 Å². The van der Waals surface area contributed by atoms with Crippen LogP contribution in [0.2, 0.25) is 0 Å². The zero-order valence-electron chi connectivity index (χ0n) is 13.0. The van der Waals surface area contributed by atoms with E-state index in [1.54, 1.807) is 7.11 Å². The van der Waals surface area contributed by atoms with Gasteiger partial charge in [-0.05, 0) is 37.2 Å². The van der Waals surface area contributed by atoms with E-state index in [-0.39, 0.29) is 6.04 Å². The van der Waals surface area contributed by atoms with Gasteiger partial charge in [-0.3, -0.25) is 0 Å². The van der Waals surface area contributed by atoms with Crippen LogP contribution >= 0.6 is 12.2 Å². The van der Waals surface area contributed by atoms with Gasteiger partial charge < -0.3 is 19.0 Å². The maximum atomic E-state index is 5.81. The van der Waals surface area contributed by atoms with E-state index in [0.29, 0.717) is 13.2 Å². The van der Waals surface area contributed by atoms with Crippen molar-refractivity contribution in [2.45, 2.75) is 39.2 Å². The second-order valence-corrected chi connectivity index (χ2v) is 5.58. The molecule has 0 spiro atoms. The van der Waals surface area contributed by atoms with Gasteiger partial charge >= 0.3 is 0 Å². The van der Waals surface area contributed by atoms with E-state index in [4.69, 9.17) is 21.7 Å². The normalized spacial score (nSPS) is 12.7. The minimum Gasteiger partial charge on any atom is -0.491 e. The van der Waals surface area contributed by atoms with Crippen molar-refractivity contribution in [2.24, 2.45) is 0 Å². The highest BCUT2D eigenvalue weighted by atomic mass is 32.1. The fraction of sp³-hybridized carbons (Fsp3) is 0.562. The molecule has 1 heterocycles. The van der Waals surface area contributed by atoms with Gasteiger partial charge in [0.15, 0.2) is 4.77 Å². The molecule has 0 saturated heterocycles. The number of imidazole rings is 1. The van der Waals surface area contributed by atoms with Crippen molar-refractivity contribution in [3.63, 3.8) is 0 Å². The largest absolute Gasteiger partial charge is 0.491 e. The predicted octanol–water partition coefficient (Wildman–Crippen LogP) is 4.48. The number of methoxy groups -OCH3 is 1. The van der Waals surface area contributed by atoms with Crippen LogP contribution in [0.1, 0.15) is 39.2 Å². The van der Waals surface area contributed by atoms with Gasteiger partial charge in [-0.1, -0.05) is 26.3 Å². The van der Waals surface area contributed by atoms with E-state index in [1.807, 2.05) is 12.1 Å². The monoisotopic (exact) mass is 308 g/mol. The Hall–Kier alpha value is -1.33. The Morgan fingerprint density at radius 3 is 2.76 bits per heavy atom. The molecule has 2 rings (SSSR count). The van der Waals surface area contributed by atoms with Crippen LogP contribution in [0.4, 0.5) is 0 Å². The lowest BCUT2D eigenvalue weighted by atomic mass is 10.1. The van der Waals surface area contributed by atoms with Crippen molar-refractivity contribution in [3.8, 4) is 5.75 Å². The summed E-state index contributed by atoms with van der Waals surface area (Å²) in [5.41, 5.74) is 2.07. The van der Waals surface area contributed by atoms with Crippen LogP contribution in [0.3, 0.4) is 0 Å². The van der Waals surface area contributed by atoms with Gasteiger partial charge in [0, 0.05) is 7.11 Å². The van der Waals surface area contributed by atoms with Gasteiger partial charge in [-0.15, -0.1) is 0 Å². The molecule has 0 saturated carbocycles. The molecule has 5 heteroatoms. The zero-order valence-corrected chi connectivity index (χ0v) is 13.8. The van der Waals surface area contributed by atoms with Crippen molar-refractivity contribution in [3.05, 3.63) is 23.0 Å². The first-order chi connectivity index (χ1) is 10.2. The molecule has 1 unspecified atom stereocenters. The van der Waals surface area contributed by atoms with E-state index in [0.717, 1.165) is 40.8 Å². The zero-order chi connectivity index (χ0) is 15.2. The standard InChI is InChI=1S/C16H24N2O2S/c1-4-7-12(11-19-3)18-13-8-6-9-14(20-10-5-2)15(13)17-16(18)21/h6,8-9,12H,4-5,7,10-11H2,1-3H3,(H,17,21). The van der Waals surface area contributed by atoms with Crippen molar-refractivity contribution < 1.29 is 9.47 Å². The molecule has 1 aromatic heterocycles. The van der Waals surface area contributed by atoms with E-state index in [1.165, 1.54) is 0 Å². The Morgan fingerprint density at radius 1 is 1.29 bits per heavy atom. The Bertz CT molecular complexity index is 627. The van der Waals surface area contributed by atoms with E-state index >= 15 is 0 Å². The van der Waals surface area contributed by atoms with Crippen LogP contribution in [-0.2, 0) is 4.74 Å². The molecule has 21 heavy (non-hydrogen) atoms. The number of fused-ring (bicyclic) bond motifs is 1. The summed E-state index contributed by atoms with van der Waals surface area (Å²) in [4.78, 5) is 3.30. The number of aromatic amines is 1. The number of ether oxygens (including phenoxy) is 2. The van der Waals surface area contributed by atoms with Crippen LogP contribution in [0.5, 0.6) is 5.75 Å². The van der Waals surface area contributed by atoms with E-state index in [9.17, 15) is 0 Å². The molecule has 1 aromatic carbocycles. The van der Waals surface area contributed by atoms with Crippen molar-refractivity contribution in [1.29, 1.82) is 0 Å². The van der Waals surface area contributed by atoms with E-state index in [2.05, 4.69) is 29.5 Å². The number of rotatable bonds is 8. The smallest absolute Gasteiger partial charge is 0.178 e. The Balaban J connectivity index is 2.49. The number of nitrogens with one attached hydrogen (secondary N) is 1. The fourth-order valence-corrected chi connectivity index (χ4v) is 2.98. The second-order valence-electron chi connectivity index (χ2n) is 5.20. The summed E-state index contributed by atoms with van der Waals surface area (Å²) in [7, 11) is 1.73. The molecule has 116 valence electrons. The van der Waals surface area contributed by atoms with Gasteiger partial charge in [0.25, 0.3) is 0 Å². The third kappa shape index (κ3) is 3.47. The number of para-hydroxylation sites is 1. The Morgan fingerprint density at radius 2 is 2.10 bits per heavy atom. The topological polar surface area (TPSA) is 39.2 Å². The first-order valence-corrected chi connectivity index (χ1v) is 7.98. The molecular weight excluding hydrogens is 284 g/mol. The minimum atomic E-state index is 0.252. The van der Waals surface area contributed by atoms with Crippen LogP contribution in [0.15, 0.2) is 18.2 Å². The molecule has 0 radical (unpaired) electrons. The quantitative estimate of drug-likeness (QED) is 0.731. The molecular formula is C16H24N2O2S. The van der Waals surface area contributed by atoms with Gasteiger partial charge in [-0.2, -0.15) is 0 Å². The van der Waals surface area contributed by atoms with Gasteiger partial charge in [-0.25, -0.2) is 0 Å².